The smallest absolute Gasteiger partial charge is 0.333 e. The van der Waals surface area contributed by atoms with Crippen LogP contribution < -0.4 is 9.47 Å². The van der Waals surface area contributed by atoms with Gasteiger partial charge >= 0.3 is 11.9 Å². The predicted octanol–water partition coefficient (Wildman–Crippen LogP) is 11.6. The molecule has 3 unspecified atom stereocenters. The van der Waals surface area contributed by atoms with Gasteiger partial charge in [-0.05, 0) is 123 Å². The topological polar surface area (TPSA) is 99.2 Å². The molecule has 0 spiro atoms. The van der Waals surface area contributed by atoms with Crippen LogP contribution in [0.1, 0.15) is 90.0 Å². The molecule has 2 saturated heterocycles. The number of benzene rings is 4. The first-order chi connectivity index (χ1) is 27.2. The quantitative estimate of drug-likeness (QED) is 0.0452. The third-order valence-corrected chi connectivity index (χ3v) is 10.5. The minimum Gasteiger partial charge on any atom is -0.494 e. The zero-order chi connectivity index (χ0) is 39.8. The summed E-state index contributed by atoms with van der Waals surface area (Å²) >= 11 is 0. The summed E-state index contributed by atoms with van der Waals surface area (Å²) in [4.78, 5) is 26.6. The Balaban J connectivity index is 0.000000249. The van der Waals surface area contributed by atoms with Gasteiger partial charge in [0.25, 0.3) is 0 Å². The van der Waals surface area contributed by atoms with Gasteiger partial charge in [-0.1, -0.05) is 74.2 Å². The van der Waals surface area contributed by atoms with Crippen LogP contribution in [0.2, 0.25) is 0 Å². The summed E-state index contributed by atoms with van der Waals surface area (Å²) < 4.78 is 22.4. The van der Waals surface area contributed by atoms with Crippen molar-refractivity contribution in [2.24, 2.45) is 5.41 Å². The van der Waals surface area contributed by atoms with E-state index in [9.17, 15) is 9.59 Å². The Morgan fingerprint density at radius 2 is 1.21 bits per heavy atom. The predicted molar refractivity (Wildman–Crippen MR) is 219 cm³/mol. The molecule has 0 N–H and O–H groups in total. The molecule has 57 heavy (non-hydrogen) atoms. The summed E-state index contributed by atoms with van der Waals surface area (Å²) in [5.41, 5.74) is 6.01. The molecule has 293 valence electrons. The van der Waals surface area contributed by atoms with Crippen LogP contribution in [0.3, 0.4) is 0 Å². The summed E-state index contributed by atoms with van der Waals surface area (Å²) in [7, 11) is 0. The maximum atomic E-state index is 11.9. The van der Waals surface area contributed by atoms with Crippen LogP contribution in [0.4, 0.5) is 5.69 Å². The second kappa shape index (κ2) is 22.8. The Bertz CT molecular complexity index is 1970. The van der Waals surface area contributed by atoms with E-state index >= 15 is 0 Å². The molecule has 2 heterocycles. The fourth-order valence-electron chi connectivity index (χ4n) is 6.80. The van der Waals surface area contributed by atoms with Gasteiger partial charge in [0.15, 0.2) is 5.69 Å². The van der Waals surface area contributed by atoms with E-state index in [0.29, 0.717) is 36.5 Å². The van der Waals surface area contributed by atoms with Gasteiger partial charge in [-0.2, -0.15) is 5.26 Å². The molecular formula is C48H52N2O6Y. The molecule has 0 bridgehead atoms. The zero-order valence-corrected chi connectivity index (χ0v) is 36.1. The number of ether oxygens (including phenoxy) is 4. The maximum absolute atomic E-state index is 11.9. The summed E-state index contributed by atoms with van der Waals surface area (Å²) in [6.45, 7) is 16.1. The molecule has 8 nitrogen and oxygen atoms in total. The van der Waals surface area contributed by atoms with Crippen molar-refractivity contribution in [2.75, 3.05) is 13.2 Å². The van der Waals surface area contributed by atoms with Crippen LogP contribution in [0.15, 0.2) is 109 Å². The first-order valence-corrected chi connectivity index (χ1v) is 19.7. The molecule has 0 saturated carbocycles. The van der Waals surface area contributed by atoms with E-state index in [1.54, 1.807) is 0 Å². The average molecular weight is 842 g/mol. The molecule has 2 aliphatic rings. The van der Waals surface area contributed by atoms with E-state index in [0.717, 1.165) is 98.0 Å². The van der Waals surface area contributed by atoms with Gasteiger partial charge in [-0.3, -0.25) is 4.79 Å². The van der Waals surface area contributed by atoms with E-state index in [-0.39, 0.29) is 62.3 Å². The van der Waals surface area contributed by atoms with Crippen LogP contribution in [-0.2, 0) is 51.8 Å². The summed E-state index contributed by atoms with van der Waals surface area (Å²) in [5.74, 6) is 1.45. The second-order valence-corrected chi connectivity index (χ2v) is 14.8. The fourth-order valence-corrected chi connectivity index (χ4v) is 6.80. The van der Waals surface area contributed by atoms with Crippen LogP contribution in [0, 0.1) is 23.3 Å². The zero-order valence-electron chi connectivity index (χ0n) is 33.2. The summed E-state index contributed by atoms with van der Waals surface area (Å²) in [5, 5.41) is 8.86. The first kappa shape index (κ1) is 45.0. The van der Waals surface area contributed by atoms with Crippen molar-refractivity contribution in [3.05, 3.63) is 126 Å². The Kier molecular flexibility index (Phi) is 18.0. The minimum absolute atomic E-state index is 0. The Morgan fingerprint density at radius 1 is 0.737 bits per heavy atom. The Morgan fingerprint density at radius 3 is 1.63 bits per heavy atom. The number of nitriles is 1. The van der Waals surface area contributed by atoms with Crippen molar-refractivity contribution >= 4 is 17.6 Å². The Labute approximate surface area is 363 Å². The van der Waals surface area contributed by atoms with Crippen molar-refractivity contribution in [2.45, 2.75) is 96.7 Å². The number of cyclic esters (lactones) is 2. The largest absolute Gasteiger partial charge is 0.494 e. The van der Waals surface area contributed by atoms with E-state index in [2.05, 4.69) is 24.4 Å². The SMILES string of the molecule is C=C1CC(CCCCCOc2ccc(-c3ccc(C#N)cc3)cc2)OC1=O.[C-]#[N+]c1ccc(-c2ccc(OCCCCCC3CC(C)(CC)C(=O)O3)cc2)cc1.[Y]. The molecule has 0 amide bonds. The van der Waals surface area contributed by atoms with Gasteiger partial charge in [-0.25, -0.2) is 9.64 Å². The fraction of sp³-hybridized carbons (Fsp3) is 0.375. The first-order valence-electron chi connectivity index (χ1n) is 19.7. The van der Waals surface area contributed by atoms with Crippen LogP contribution in [0.25, 0.3) is 27.1 Å². The van der Waals surface area contributed by atoms with Gasteiger partial charge < -0.3 is 18.9 Å². The molecule has 0 aliphatic carbocycles. The van der Waals surface area contributed by atoms with Crippen molar-refractivity contribution in [3.63, 3.8) is 0 Å². The normalized spacial score (nSPS) is 18.2. The third kappa shape index (κ3) is 13.7. The number of nitrogens with zero attached hydrogens (tertiary/aromatic N) is 2. The molecule has 6 rings (SSSR count). The number of carbonyl (C=O) groups excluding carboxylic acids is 2. The monoisotopic (exact) mass is 841 g/mol. The van der Waals surface area contributed by atoms with E-state index in [4.69, 9.17) is 30.8 Å². The van der Waals surface area contributed by atoms with Crippen LogP contribution in [-0.4, -0.2) is 37.4 Å². The molecule has 9 heteroatoms. The molecular weight excluding hydrogens is 789 g/mol. The molecule has 1 radical (unpaired) electrons. The van der Waals surface area contributed by atoms with Crippen LogP contribution in [0.5, 0.6) is 11.5 Å². The second-order valence-electron chi connectivity index (χ2n) is 14.8. The van der Waals surface area contributed by atoms with Crippen molar-refractivity contribution < 1.29 is 61.2 Å². The molecule has 3 atom stereocenters. The molecule has 0 aromatic heterocycles. The van der Waals surface area contributed by atoms with Gasteiger partial charge in [-0.15, -0.1) is 0 Å². The maximum Gasteiger partial charge on any atom is 0.333 e. The van der Waals surface area contributed by atoms with Crippen molar-refractivity contribution in [1.82, 2.24) is 0 Å². The number of carbonyl (C=O) groups is 2. The minimum atomic E-state index is -0.279. The standard InChI is InChI=1S/C25H29NO3.C23H23NO3.Y/c1-4-25(2)18-23(29-24(25)27)8-6-5-7-17-28-22-15-11-20(12-16-22)19-9-13-21(26-3)14-10-19;1-17-15-22(27-23(17)25)5-3-2-4-14-26-21-12-10-20(11-13-21)19-8-6-18(16-24)7-9-19;/h9-16,23H,4-8,17-18H2,1-2H3;6-13,22H,1-5,14-15H2;. The molecule has 4 aromatic carbocycles. The Hall–Kier alpha value is -4.76. The summed E-state index contributed by atoms with van der Waals surface area (Å²) in [6, 6.07) is 33.3. The molecule has 4 aromatic rings. The number of unbranched alkanes of at least 4 members (excludes halogenated alkanes) is 4. The van der Waals surface area contributed by atoms with Gasteiger partial charge in [0.2, 0.25) is 0 Å². The molecule has 2 aliphatic heterocycles. The summed E-state index contributed by atoms with van der Waals surface area (Å²) in [6.07, 6.45) is 10.5. The number of rotatable bonds is 17. The number of esters is 2. The van der Waals surface area contributed by atoms with E-state index in [1.165, 1.54) is 0 Å². The van der Waals surface area contributed by atoms with Crippen molar-refractivity contribution in [1.29, 1.82) is 5.26 Å². The molecule has 2 fully saturated rings. The van der Waals surface area contributed by atoms with Crippen molar-refractivity contribution in [3.8, 4) is 39.8 Å². The number of hydrogen-bond acceptors (Lipinski definition) is 7. The van der Waals surface area contributed by atoms with Gasteiger partial charge in [0.05, 0.1) is 36.8 Å². The number of hydrogen-bond donors (Lipinski definition) is 0. The van der Waals surface area contributed by atoms with Crippen LogP contribution >= 0.6 is 0 Å². The van der Waals surface area contributed by atoms with E-state index < -0.39 is 0 Å². The average Bonchev–Trinajstić information content (AvgIpc) is 3.72. The van der Waals surface area contributed by atoms with E-state index in [1.807, 2.05) is 104 Å². The van der Waals surface area contributed by atoms with Gasteiger partial charge in [0.1, 0.15) is 23.7 Å². The third-order valence-electron chi connectivity index (χ3n) is 10.5. The van der Waals surface area contributed by atoms with Gasteiger partial charge in [0, 0.05) is 51.1 Å².